The number of unbranched alkanes of at least 4 members (excludes halogenated alkanes) is 1. The van der Waals surface area contributed by atoms with Crippen molar-refractivity contribution >= 4 is 5.91 Å². The normalized spacial score (nSPS) is 16.5. The molecule has 1 aliphatic rings. The van der Waals surface area contributed by atoms with Gasteiger partial charge in [0.25, 0.3) is 5.91 Å². The van der Waals surface area contributed by atoms with Crippen molar-refractivity contribution in [1.82, 2.24) is 4.90 Å². The van der Waals surface area contributed by atoms with Gasteiger partial charge in [-0.1, -0.05) is 31.9 Å². The van der Waals surface area contributed by atoms with E-state index in [0.717, 1.165) is 19.3 Å². The first-order valence-corrected chi connectivity index (χ1v) is 7.93. The summed E-state index contributed by atoms with van der Waals surface area (Å²) in [6, 6.07) is 3.58. The van der Waals surface area contributed by atoms with Crippen molar-refractivity contribution < 1.29 is 19.0 Å². The molecule has 1 aliphatic heterocycles. The number of hydrogen-bond acceptors (Lipinski definition) is 4. The second-order valence-corrected chi connectivity index (χ2v) is 5.51. The second-order valence-electron chi connectivity index (χ2n) is 5.51. The Morgan fingerprint density at radius 3 is 2.35 bits per heavy atom. The number of nitrogens with zero attached hydrogens (tertiary/aromatic N) is 1. The quantitative estimate of drug-likeness (QED) is 0.724. The SMILES string of the molecule is CCCC[C@@H]1C=CCN1C(=O)c1cc(OC)c(OC)c(OC)c1. The van der Waals surface area contributed by atoms with E-state index in [1.54, 1.807) is 33.5 Å². The van der Waals surface area contributed by atoms with Gasteiger partial charge in [0, 0.05) is 12.1 Å². The van der Waals surface area contributed by atoms with Crippen molar-refractivity contribution in [3.05, 3.63) is 29.8 Å². The van der Waals surface area contributed by atoms with Crippen LogP contribution in [0.3, 0.4) is 0 Å². The zero-order valence-corrected chi connectivity index (χ0v) is 14.3. The number of carbonyl (C=O) groups is 1. The predicted molar refractivity (Wildman–Crippen MR) is 89.6 cm³/mol. The summed E-state index contributed by atoms with van der Waals surface area (Å²) in [6.07, 6.45) is 7.38. The molecule has 0 unspecified atom stereocenters. The molecular weight excluding hydrogens is 294 g/mol. The molecule has 0 aromatic heterocycles. The highest BCUT2D eigenvalue weighted by molar-refractivity contribution is 5.96. The van der Waals surface area contributed by atoms with E-state index in [4.69, 9.17) is 14.2 Å². The minimum Gasteiger partial charge on any atom is -0.493 e. The highest BCUT2D eigenvalue weighted by Gasteiger charge is 2.27. The Hall–Kier alpha value is -2.17. The van der Waals surface area contributed by atoms with Crippen LogP contribution in [-0.2, 0) is 0 Å². The van der Waals surface area contributed by atoms with E-state index in [1.807, 2.05) is 4.90 Å². The molecule has 1 aromatic carbocycles. The monoisotopic (exact) mass is 319 g/mol. The number of ether oxygens (including phenoxy) is 3. The number of amides is 1. The highest BCUT2D eigenvalue weighted by atomic mass is 16.5. The maximum atomic E-state index is 12.9. The van der Waals surface area contributed by atoms with Gasteiger partial charge in [0.1, 0.15) is 0 Å². The molecule has 1 heterocycles. The Morgan fingerprint density at radius 1 is 1.17 bits per heavy atom. The summed E-state index contributed by atoms with van der Waals surface area (Å²) in [5, 5.41) is 0. The summed E-state index contributed by atoms with van der Waals surface area (Å²) in [5.41, 5.74) is 0.546. The topological polar surface area (TPSA) is 48.0 Å². The van der Waals surface area contributed by atoms with Crippen LogP contribution in [0.2, 0.25) is 0 Å². The molecule has 0 fully saturated rings. The van der Waals surface area contributed by atoms with E-state index in [-0.39, 0.29) is 11.9 Å². The molecule has 0 saturated carbocycles. The highest BCUT2D eigenvalue weighted by Crippen LogP contribution is 2.38. The van der Waals surface area contributed by atoms with Gasteiger partial charge in [-0.15, -0.1) is 0 Å². The number of hydrogen-bond donors (Lipinski definition) is 0. The predicted octanol–water partition coefficient (Wildman–Crippen LogP) is 3.28. The Balaban J connectivity index is 2.28. The molecule has 0 radical (unpaired) electrons. The fourth-order valence-corrected chi connectivity index (χ4v) is 2.84. The first kappa shape index (κ1) is 17.2. The van der Waals surface area contributed by atoms with Crippen LogP contribution in [-0.4, -0.2) is 44.7 Å². The van der Waals surface area contributed by atoms with Gasteiger partial charge < -0.3 is 19.1 Å². The molecule has 0 bridgehead atoms. The van der Waals surface area contributed by atoms with E-state index in [9.17, 15) is 4.79 Å². The van der Waals surface area contributed by atoms with E-state index in [0.29, 0.717) is 29.4 Å². The molecule has 2 rings (SSSR count). The average molecular weight is 319 g/mol. The lowest BCUT2D eigenvalue weighted by atomic mass is 10.1. The molecule has 0 N–H and O–H groups in total. The maximum Gasteiger partial charge on any atom is 0.254 e. The van der Waals surface area contributed by atoms with Crippen LogP contribution in [0.1, 0.15) is 36.5 Å². The summed E-state index contributed by atoms with van der Waals surface area (Å²) in [5.74, 6) is 1.46. The molecule has 0 spiro atoms. The fourth-order valence-electron chi connectivity index (χ4n) is 2.84. The summed E-state index contributed by atoms with van der Waals surface area (Å²) in [4.78, 5) is 14.8. The summed E-state index contributed by atoms with van der Waals surface area (Å²) >= 11 is 0. The lowest BCUT2D eigenvalue weighted by molar-refractivity contribution is 0.0742. The number of rotatable bonds is 7. The van der Waals surface area contributed by atoms with Crippen LogP contribution in [0.15, 0.2) is 24.3 Å². The average Bonchev–Trinajstić information content (AvgIpc) is 3.06. The molecule has 126 valence electrons. The molecular formula is C18H25NO4. The van der Waals surface area contributed by atoms with E-state index in [1.165, 1.54) is 0 Å². The van der Waals surface area contributed by atoms with Crippen LogP contribution in [0.5, 0.6) is 17.2 Å². The number of carbonyl (C=O) groups excluding carboxylic acids is 1. The second kappa shape index (κ2) is 7.90. The number of methoxy groups -OCH3 is 3. The van der Waals surface area contributed by atoms with Crippen LogP contribution in [0.4, 0.5) is 0 Å². The van der Waals surface area contributed by atoms with Gasteiger partial charge in [0.2, 0.25) is 5.75 Å². The molecule has 1 atom stereocenters. The van der Waals surface area contributed by atoms with Gasteiger partial charge in [-0.2, -0.15) is 0 Å². The molecule has 5 heteroatoms. The van der Waals surface area contributed by atoms with Crippen LogP contribution in [0, 0.1) is 0 Å². The largest absolute Gasteiger partial charge is 0.493 e. The van der Waals surface area contributed by atoms with E-state index < -0.39 is 0 Å². The summed E-state index contributed by atoms with van der Waals surface area (Å²) < 4.78 is 16.0. The van der Waals surface area contributed by atoms with E-state index in [2.05, 4.69) is 19.1 Å². The van der Waals surface area contributed by atoms with Gasteiger partial charge in [-0.05, 0) is 18.6 Å². The zero-order chi connectivity index (χ0) is 16.8. The van der Waals surface area contributed by atoms with Crippen molar-refractivity contribution in [2.75, 3.05) is 27.9 Å². The van der Waals surface area contributed by atoms with Crippen molar-refractivity contribution in [2.45, 2.75) is 32.2 Å². The van der Waals surface area contributed by atoms with Crippen LogP contribution >= 0.6 is 0 Å². The molecule has 0 aliphatic carbocycles. The zero-order valence-electron chi connectivity index (χ0n) is 14.3. The number of benzene rings is 1. The molecule has 1 aromatic rings. The minimum atomic E-state index is -0.0182. The third-order valence-corrected chi connectivity index (χ3v) is 4.09. The van der Waals surface area contributed by atoms with Crippen molar-refractivity contribution in [3.8, 4) is 17.2 Å². The Bertz CT molecular complexity index is 557. The van der Waals surface area contributed by atoms with Crippen LogP contribution < -0.4 is 14.2 Å². The molecule has 23 heavy (non-hydrogen) atoms. The van der Waals surface area contributed by atoms with Crippen molar-refractivity contribution in [1.29, 1.82) is 0 Å². The maximum absolute atomic E-state index is 12.9. The molecule has 5 nitrogen and oxygen atoms in total. The van der Waals surface area contributed by atoms with E-state index >= 15 is 0 Å². The van der Waals surface area contributed by atoms with Crippen LogP contribution in [0.25, 0.3) is 0 Å². The molecule has 0 saturated heterocycles. The van der Waals surface area contributed by atoms with Gasteiger partial charge in [0.15, 0.2) is 11.5 Å². The standard InChI is InChI=1S/C18H25NO4/c1-5-6-8-14-9-7-10-19(14)18(20)13-11-15(21-2)17(23-4)16(12-13)22-3/h7,9,11-12,14H,5-6,8,10H2,1-4H3/t14-/m1/s1. The third-order valence-electron chi connectivity index (χ3n) is 4.09. The summed E-state index contributed by atoms with van der Waals surface area (Å²) in [6.45, 7) is 2.80. The van der Waals surface area contributed by atoms with Gasteiger partial charge in [0.05, 0.1) is 27.4 Å². The van der Waals surface area contributed by atoms with Gasteiger partial charge in [-0.3, -0.25) is 4.79 Å². The Labute approximate surface area is 137 Å². The van der Waals surface area contributed by atoms with Gasteiger partial charge in [-0.25, -0.2) is 0 Å². The smallest absolute Gasteiger partial charge is 0.254 e. The Morgan fingerprint density at radius 2 is 1.83 bits per heavy atom. The Kier molecular flexibility index (Phi) is 5.90. The van der Waals surface area contributed by atoms with Gasteiger partial charge >= 0.3 is 0 Å². The first-order valence-electron chi connectivity index (χ1n) is 7.93. The fraction of sp³-hybridized carbons (Fsp3) is 0.500. The van der Waals surface area contributed by atoms with Crippen molar-refractivity contribution in [3.63, 3.8) is 0 Å². The minimum absolute atomic E-state index is 0.0182. The lowest BCUT2D eigenvalue weighted by Crippen LogP contribution is -2.36. The summed E-state index contributed by atoms with van der Waals surface area (Å²) in [7, 11) is 4.65. The first-order chi connectivity index (χ1) is 11.2. The van der Waals surface area contributed by atoms with Crippen molar-refractivity contribution in [2.24, 2.45) is 0 Å². The lowest BCUT2D eigenvalue weighted by Gasteiger charge is -2.25. The molecule has 1 amide bonds. The third kappa shape index (κ3) is 3.60.